The van der Waals surface area contributed by atoms with Crippen molar-refractivity contribution in [1.82, 2.24) is 0 Å². The lowest BCUT2D eigenvalue weighted by atomic mass is 9.92. The van der Waals surface area contributed by atoms with Crippen molar-refractivity contribution in [2.45, 2.75) is 32.6 Å². The van der Waals surface area contributed by atoms with Crippen molar-refractivity contribution in [3.05, 3.63) is 0 Å². The van der Waals surface area contributed by atoms with Gasteiger partial charge in [0.2, 0.25) is 0 Å². The summed E-state index contributed by atoms with van der Waals surface area (Å²) in [6.45, 7) is 2.59. The molecule has 0 fully saturated rings. The van der Waals surface area contributed by atoms with Gasteiger partial charge in [0.05, 0.1) is 6.61 Å². The molecule has 0 aromatic rings. The Balaban J connectivity index is 3.51. The number of carbonyl (C=O) groups is 1. The molecule has 0 unspecified atom stereocenters. The third-order valence-corrected chi connectivity index (χ3v) is 2.56. The normalized spacial score (nSPS) is 14.4. The zero-order valence-corrected chi connectivity index (χ0v) is 9.89. The number of hydrogen-bond acceptors (Lipinski definition) is 4. The highest BCUT2D eigenvalue weighted by Crippen LogP contribution is 2.17. The number of rotatable bonds is 9. The first kappa shape index (κ1) is 15.2. The van der Waals surface area contributed by atoms with E-state index in [-0.39, 0.29) is 25.0 Å². The number of aliphatic hydroxyl groups excluding tert-OH is 2. The van der Waals surface area contributed by atoms with Crippen LogP contribution in [0.15, 0.2) is 0 Å². The number of hydrogen-bond donors (Lipinski definition) is 3. The molecular weight excluding hydrogens is 210 g/mol. The van der Waals surface area contributed by atoms with Crippen LogP contribution < -0.4 is 5.73 Å². The number of ether oxygens (including phenoxy) is 1. The lowest BCUT2D eigenvalue weighted by Crippen LogP contribution is -2.15. The summed E-state index contributed by atoms with van der Waals surface area (Å²) in [6.07, 6.45) is 2.60. The largest absolute Gasteiger partial charge is 0.450 e. The molecule has 0 aliphatic carbocycles. The van der Waals surface area contributed by atoms with Crippen molar-refractivity contribution < 1.29 is 19.7 Å². The van der Waals surface area contributed by atoms with E-state index in [4.69, 9.17) is 15.9 Å². The van der Waals surface area contributed by atoms with E-state index in [0.29, 0.717) is 6.61 Å². The average Bonchev–Trinajstić information content (AvgIpc) is 2.26. The summed E-state index contributed by atoms with van der Waals surface area (Å²) in [4.78, 5) is 10.3. The fourth-order valence-electron chi connectivity index (χ4n) is 1.64. The summed E-state index contributed by atoms with van der Waals surface area (Å²) in [5, 5.41) is 18.0. The third kappa shape index (κ3) is 8.49. The highest BCUT2D eigenvalue weighted by atomic mass is 16.5. The van der Waals surface area contributed by atoms with Crippen LogP contribution in [0, 0.1) is 11.8 Å². The van der Waals surface area contributed by atoms with Gasteiger partial charge in [0.1, 0.15) is 0 Å². The number of aliphatic hydroxyl groups is 2. The van der Waals surface area contributed by atoms with Crippen molar-refractivity contribution in [1.29, 1.82) is 0 Å². The maximum Gasteiger partial charge on any atom is 0.404 e. The van der Waals surface area contributed by atoms with Gasteiger partial charge in [0.15, 0.2) is 0 Å². The Labute approximate surface area is 96.6 Å². The Kier molecular flexibility index (Phi) is 8.94. The molecule has 0 aliphatic heterocycles. The van der Waals surface area contributed by atoms with Gasteiger partial charge < -0.3 is 20.7 Å². The Morgan fingerprint density at radius 1 is 1.31 bits per heavy atom. The van der Waals surface area contributed by atoms with Gasteiger partial charge in [-0.1, -0.05) is 6.92 Å². The third-order valence-electron chi connectivity index (χ3n) is 2.56. The Hall–Kier alpha value is -0.810. The summed E-state index contributed by atoms with van der Waals surface area (Å²) in [5.41, 5.74) is 4.82. The van der Waals surface area contributed by atoms with E-state index in [1.165, 1.54) is 0 Å². The van der Waals surface area contributed by atoms with E-state index >= 15 is 0 Å². The fraction of sp³-hybridized carbons (Fsp3) is 0.909. The highest BCUT2D eigenvalue weighted by Gasteiger charge is 2.11. The fourth-order valence-corrected chi connectivity index (χ4v) is 1.64. The number of amides is 1. The van der Waals surface area contributed by atoms with Crippen molar-refractivity contribution in [2.75, 3.05) is 19.8 Å². The van der Waals surface area contributed by atoms with Crippen molar-refractivity contribution in [3.8, 4) is 0 Å². The van der Waals surface area contributed by atoms with Gasteiger partial charge in [0, 0.05) is 13.2 Å². The Morgan fingerprint density at radius 3 is 2.50 bits per heavy atom. The molecule has 5 nitrogen and oxygen atoms in total. The van der Waals surface area contributed by atoms with Crippen molar-refractivity contribution >= 4 is 6.09 Å². The molecule has 2 atom stereocenters. The number of primary amides is 1. The molecule has 0 saturated carbocycles. The van der Waals surface area contributed by atoms with E-state index in [1.54, 1.807) is 0 Å². The van der Waals surface area contributed by atoms with E-state index < -0.39 is 6.09 Å². The molecule has 0 aromatic carbocycles. The molecule has 16 heavy (non-hydrogen) atoms. The van der Waals surface area contributed by atoms with E-state index in [2.05, 4.69) is 4.74 Å². The average molecular weight is 233 g/mol. The molecule has 0 bridgehead atoms. The standard InChI is InChI=1S/C11H23NO4/c1-9(7-13)6-10(8-14)4-2-3-5-16-11(12)15/h9-10,13-14H,2-8H2,1H3,(H2,12,15)/t9-,10-/m0/s1. The van der Waals surface area contributed by atoms with Crippen LogP contribution in [-0.4, -0.2) is 36.1 Å². The van der Waals surface area contributed by atoms with Gasteiger partial charge in [-0.15, -0.1) is 0 Å². The van der Waals surface area contributed by atoms with Crippen LogP contribution >= 0.6 is 0 Å². The summed E-state index contributed by atoms with van der Waals surface area (Å²) in [6, 6.07) is 0. The minimum atomic E-state index is -0.743. The topological polar surface area (TPSA) is 92.8 Å². The molecule has 0 aliphatic rings. The predicted octanol–water partition coefficient (Wildman–Crippen LogP) is 0.879. The first-order valence-electron chi connectivity index (χ1n) is 5.74. The van der Waals surface area contributed by atoms with Gasteiger partial charge in [0.25, 0.3) is 0 Å². The molecule has 0 spiro atoms. The van der Waals surface area contributed by atoms with E-state index in [0.717, 1.165) is 25.7 Å². The first-order valence-corrected chi connectivity index (χ1v) is 5.74. The summed E-state index contributed by atoms with van der Waals surface area (Å²) < 4.78 is 4.60. The second-order valence-electron chi connectivity index (χ2n) is 4.24. The van der Waals surface area contributed by atoms with Gasteiger partial charge >= 0.3 is 6.09 Å². The maximum absolute atomic E-state index is 10.3. The molecule has 5 heteroatoms. The minimum Gasteiger partial charge on any atom is -0.450 e. The molecule has 0 radical (unpaired) electrons. The molecule has 1 amide bonds. The minimum absolute atomic E-state index is 0.140. The van der Waals surface area contributed by atoms with Gasteiger partial charge in [-0.05, 0) is 37.5 Å². The number of carbonyl (C=O) groups excluding carboxylic acids is 1. The predicted molar refractivity (Wildman–Crippen MR) is 60.8 cm³/mol. The number of nitrogens with two attached hydrogens (primary N) is 1. The lowest BCUT2D eigenvalue weighted by molar-refractivity contribution is 0.145. The second kappa shape index (κ2) is 9.42. The molecular formula is C11H23NO4. The molecule has 4 N–H and O–H groups in total. The van der Waals surface area contributed by atoms with Crippen LogP contribution in [-0.2, 0) is 4.74 Å². The summed E-state index contributed by atoms with van der Waals surface area (Å²) in [7, 11) is 0. The molecule has 96 valence electrons. The summed E-state index contributed by atoms with van der Waals surface area (Å²) in [5.74, 6) is 0.440. The smallest absolute Gasteiger partial charge is 0.404 e. The zero-order valence-electron chi connectivity index (χ0n) is 9.89. The molecule has 0 saturated heterocycles. The van der Waals surface area contributed by atoms with Crippen molar-refractivity contribution in [3.63, 3.8) is 0 Å². The Morgan fingerprint density at radius 2 is 2.00 bits per heavy atom. The van der Waals surface area contributed by atoms with Crippen LogP contribution in [0.25, 0.3) is 0 Å². The maximum atomic E-state index is 10.3. The zero-order chi connectivity index (χ0) is 12.4. The van der Waals surface area contributed by atoms with Crippen molar-refractivity contribution in [2.24, 2.45) is 17.6 Å². The second-order valence-corrected chi connectivity index (χ2v) is 4.24. The van der Waals surface area contributed by atoms with Gasteiger partial charge in [-0.2, -0.15) is 0 Å². The molecule has 0 rings (SSSR count). The Bertz CT molecular complexity index is 187. The van der Waals surface area contributed by atoms with Crippen LogP contribution in [0.3, 0.4) is 0 Å². The van der Waals surface area contributed by atoms with Crippen LogP contribution in [0.5, 0.6) is 0 Å². The number of unbranched alkanes of at least 4 members (excludes halogenated alkanes) is 1. The van der Waals surface area contributed by atoms with Crippen LogP contribution in [0.4, 0.5) is 4.79 Å². The highest BCUT2D eigenvalue weighted by molar-refractivity contribution is 5.64. The molecule has 0 heterocycles. The summed E-state index contributed by atoms with van der Waals surface area (Å²) >= 11 is 0. The monoisotopic (exact) mass is 233 g/mol. The van der Waals surface area contributed by atoms with E-state index in [1.807, 2.05) is 6.92 Å². The van der Waals surface area contributed by atoms with Crippen LogP contribution in [0.2, 0.25) is 0 Å². The van der Waals surface area contributed by atoms with Crippen LogP contribution in [0.1, 0.15) is 32.6 Å². The van der Waals surface area contributed by atoms with Gasteiger partial charge in [-0.3, -0.25) is 0 Å². The van der Waals surface area contributed by atoms with E-state index in [9.17, 15) is 4.79 Å². The lowest BCUT2D eigenvalue weighted by Gasteiger charge is -2.17. The molecule has 0 aromatic heterocycles. The SMILES string of the molecule is C[C@H](CO)C[C@@H](CO)CCCCOC(N)=O. The first-order chi connectivity index (χ1) is 7.60. The quantitative estimate of drug-likeness (QED) is 0.515. The van der Waals surface area contributed by atoms with Gasteiger partial charge in [-0.25, -0.2) is 4.79 Å².